The molecule has 5 nitrogen and oxygen atoms in total. The van der Waals surface area contributed by atoms with Crippen LogP contribution in [-0.2, 0) is 14.8 Å². The molecule has 1 saturated heterocycles. The van der Waals surface area contributed by atoms with Crippen molar-refractivity contribution in [3.63, 3.8) is 0 Å². The highest BCUT2D eigenvalue weighted by atomic mass is 32.2. The lowest BCUT2D eigenvalue weighted by atomic mass is 10.1. The fourth-order valence-electron chi connectivity index (χ4n) is 3.05. The van der Waals surface area contributed by atoms with E-state index in [1.54, 1.807) is 12.1 Å². The van der Waals surface area contributed by atoms with E-state index in [9.17, 15) is 13.5 Å². The van der Waals surface area contributed by atoms with E-state index in [1.807, 2.05) is 45.9 Å². The lowest BCUT2D eigenvalue weighted by molar-refractivity contribution is 0.400. The van der Waals surface area contributed by atoms with E-state index in [2.05, 4.69) is 0 Å². The highest BCUT2D eigenvalue weighted by Gasteiger charge is 2.31. The van der Waals surface area contributed by atoms with E-state index in [0.29, 0.717) is 24.4 Å². The van der Waals surface area contributed by atoms with Gasteiger partial charge in [0.2, 0.25) is 0 Å². The van der Waals surface area contributed by atoms with Crippen molar-refractivity contribution in [2.24, 2.45) is 5.92 Å². The standard InChI is InChI=1S/C20H25NO4S/c1-13(2)11-21(18-8-5-14(3)9-15(18)4)26(23,24)16-6-7-17(19(22)10-16)20-12-25-20/h5-10,13,20,22H,11-12H2,1-4H3. The molecule has 0 aromatic heterocycles. The second-order valence-electron chi connectivity index (χ2n) is 7.26. The topological polar surface area (TPSA) is 70.1 Å². The van der Waals surface area contributed by atoms with Crippen LogP contribution in [0.25, 0.3) is 0 Å². The van der Waals surface area contributed by atoms with Gasteiger partial charge in [0.15, 0.2) is 0 Å². The van der Waals surface area contributed by atoms with E-state index in [0.717, 1.165) is 11.1 Å². The second-order valence-corrected chi connectivity index (χ2v) is 9.12. The number of hydrogen-bond acceptors (Lipinski definition) is 4. The Bertz CT molecular complexity index is 917. The van der Waals surface area contributed by atoms with E-state index in [1.165, 1.54) is 10.4 Å². The SMILES string of the molecule is Cc1ccc(N(CC(C)C)S(=O)(=O)c2ccc(C3CO3)c(O)c2)c(C)c1. The van der Waals surface area contributed by atoms with Crippen LogP contribution in [0.4, 0.5) is 5.69 Å². The predicted octanol–water partition coefficient (Wildman–Crippen LogP) is 3.93. The molecule has 1 aliphatic heterocycles. The molecule has 3 rings (SSSR count). The molecule has 0 saturated carbocycles. The first kappa shape index (κ1) is 18.7. The van der Waals surface area contributed by atoms with Crippen molar-refractivity contribution in [2.75, 3.05) is 17.5 Å². The van der Waals surface area contributed by atoms with Crippen LogP contribution in [0.2, 0.25) is 0 Å². The maximum Gasteiger partial charge on any atom is 0.264 e. The van der Waals surface area contributed by atoms with Gasteiger partial charge in [0.1, 0.15) is 11.9 Å². The molecule has 26 heavy (non-hydrogen) atoms. The van der Waals surface area contributed by atoms with Crippen LogP contribution in [0.15, 0.2) is 41.3 Å². The zero-order valence-corrected chi connectivity index (χ0v) is 16.4. The van der Waals surface area contributed by atoms with Gasteiger partial charge >= 0.3 is 0 Å². The van der Waals surface area contributed by atoms with Crippen LogP contribution >= 0.6 is 0 Å². The number of rotatable bonds is 6. The first-order chi connectivity index (χ1) is 12.2. The summed E-state index contributed by atoms with van der Waals surface area (Å²) in [6, 6.07) is 10.2. The maximum atomic E-state index is 13.3. The predicted molar refractivity (Wildman–Crippen MR) is 102 cm³/mol. The minimum absolute atomic E-state index is 0.0429. The number of benzene rings is 2. The number of phenolic OH excluding ortho intramolecular Hbond substituents is 1. The number of epoxide rings is 1. The van der Waals surface area contributed by atoms with Crippen molar-refractivity contribution in [1.29, 1.82) is 0 Å². The van der Waals surface area contributed by atoms with Crippen LogP contribution < -0.4 is 4.31 Å². The molecule has 1 N–H and O–H groups in total. The second kappa shape index (κ2) is 6.93. The van der Waals surface area contributed by atoms with Crippen LogP contribution in [-0.4, -0.2) is 26.7 Å². The van der Waals surface area contributed by atoms with Crippen LogP contribution in [0.5, 0.6) is 5.75 Å². The molecule has 0 amide bonds. The molecule has 1 heterocycles. The minimum atomic E-state index is -3.80. The quantitative estimate of drug-likeness (QED) is 0.777. The van der Waals surface area contributed by atoms with Crippen LogP contribution in [0.3, 0.4) is 0 Å². The van der Waals surface area contributed by atoms with Gasteiger partial charge in [-0.3, -0.25) is 4.31 Å². The van der Waals surface area contributed by atoms with E-state index < -0.39 is 10.0 Å². The molecule has 140 valence electrons. The van der Waals surface area contributed by atoms with E-state index in [4.69, 9.17) is 4.74 Å². The highest BCUT2D eigenvalue weighted by Crippen LogP contribution is 2.38. The van der Waals surface area contributed by atoms with Crippen LogP contribution in [0.1, 0.15) is 36.6 Å². The molecule has 6 heteroatoms. The normalized spacial score (nSPS) is 16.7. The summed E-state index contributed by atoms with van der Waals surface area (Å²) in [4.78, 5) is 0.0834. The number of ether oxygens (including phenoxy) is 1. The van der Waals surface area contributed by atoms with Crippen molar-refractivity contribution >= 4 is 15.7 Å². The van der Waals surface area contributed by atoms with Crippen molar-refractivity contribution in [1.82, 2.24) is 0 Å². The number of nitrogens with zero attached hydrogens (tertiary/aromatic N) is 1. The fraction of sp³-hybridized carbons (Fsp3) is 0.400. The summed E-state index contributed by atoms with van der Waals surface area (Å²) in [5, 5.41) is 10.2. The summed E-state index contributed by atoms with van der Waals surface area (Å²) in [6.07, 6.45) is -0.127. The molecular weight excluding hydrogens is 350 g/mol. The average molecular weight is 375 g/mol. The Morgan fingerprint density at radius 3 is 2.42 bits per heavy atom. The first-order valence-corrected chi connectivity index (χ1v) is 10.2. The summed E-state index contributed by atoms with van der Waals surface area (Å²) in [5.74, 6) is 0.108. The molecule has 2 aromatic carbocycles. The van der Waals surface area contributed by atoms with Gasteiger partial charge in [-0.15, -0.1) is 0 Å². The Labute approximate surface area is 155 Å². The Balaban J connectivity index is 2.05. The number of aromatic hydroxyl groups is 1. The smallest absolute Gasteiger partial charge is 0.264 e. The van der Waals surface area contributed by atoms with E-state index in [-0.39, 0.29) is 22.7 Å². The molecule has 1 fully saturated rings. The molecular formula is C20H25NO4S. The highest BCUT2D eigenvalue weighted by molar-refractivity contribution is 7.92. The van der Waals surface area contributed by atoms with Gasteiger partial charge in [-0.2, -0.15) is 0 Å². The minimum Gasteiger partial charge on any atom is -0.508 e. The fourth-order valence-corrected chi connectivity index (χ4v) is 4.77. The first-order valence-electron chi connectivity index (χ1n) is 8.74. The summed E-state index contributed by atoms with van der Waals surface area (Å²) >= 11 is 0. The summed E-state index contributed by atoms with van der Waals surface area (Å²) in [7, 11) is -3.80. The van der Waals surface area contributed by atoms with Gasteiger partial charge in [0, 0.05) is 18.2 Å². The zero-order chi connectivity index (χ0) is 19.1. The molecule has 2 aromatic rings. The lowest BCUT2D eigenvalue weighted by Crippen LogP contribution is -2.34. The van der Waals surface area contributed by atoms with Crippen LogP contribution in [0, 0.1) is 19.8 Å². The van der Waals surface area contributed by atoms with Crippen molar-refractivity contribution in [3.8, 4) is 5.75 Å². The molecule has 0 radical (unpaired) electrons. The van der Waals surface area contributed by atoms with Gasteiger partial charge in [-0.1, -0.05) is 37.6 Å². The van der Waals surface area contributed by atoms with Gasteiger partial charge in [0.05, 0.1) is 17.2 Å². The van der Waals surface area contributed by atoms with Gasteiger partial charge in [0.25, 0.3) is 10.0 Å². The third-order valence-corrected chi connectivity index (χ3v) is 6.20. The number of anilines is 1. The maximum absolute atomic E-state index is 13.3. The molecule has 0 bridgehead atoms. The third-order valence-electron chi connectivity index (χ3n) is 4.42. The average Bonchev–Trinajstić information content (AvgIpc) is 3.37. The van der Waals surface area contributed by atoms with Gasteiger partial charge in [-0.25, -0.2) is 8.42 Å². The molecule has 0 aliphatic carbocycles. The number of sulfonamides is 1. The van der Waals surface area contributed by atoms with Gasteiger partial charge in [-0.05, 0) is 37.5 Å². The Morgan fingerprint density at radius 1 is 1.19 bits per heavy atom. The summed E-state index contributed by atoms with van der Waals surface area (Å²) < 4.78 is 33.3. The Hall–Kier alpha value is -2.05. The number of hydrogen-bond donors (Lipinski definition) is 1. The van der Waals surface area contributed by atoms with E-state index >= 15 is 0 Å². The number of aryl methyl sites for hydroxylation is 2. The van der Waals surface area contributed by atoms with Crippen molar-refractivity contribution < 1.29 is 18.3 Å². The Morgan fingerprint density at radius 2 is 1.88 bits per heavy atom. The summed E-state index contributed by atoms with van der Waals surface area (Å²) in [6.45, 7) is 8.78. The molecule has 1 aliphatic rings. The van der Waals surface area contributed by atoms with Crippen molar-refractivity contribution in [3.05, 3.63) is 53.1 Å². The summed E-state index contributed by atoms with van der Waals surface area (Å²) in [5.41, 5.74) is 3.28. The number of phenols is 1. The van der Waals surface area contributed by atoms with Gasteiger partial charge < -0.3 is 9.84 Å². The largest absolute Gasteiger partial charge is 0.508 e. The molecule has 0 spiro atoms. The molecule has 1 atom stereocenters. The Kier molecular flexibility index (Phi) is 4.99. The third kappa shape index (κ3) is 3.71. The molecule has 1 unspecified atom stereocenters. The van der Waals surface area contributed by atoms with Crippen molar-refractivity contribution in [2.45, 2.75) is 38.7 Å². The lowest BCUT2D eigenvalue weighted by Gasteiger charge is -2.28. The monoisotopic (exact) mass is 375 g/mol. The zero-order valence-electron chi connectivity index (χ0n) is 15.6.